The highest BCUT2D eigenvalue weighted by atomic mass is 79.9. The molecule has 1 amide bonds. The number of alkyl halides is 2. The fraction of sp³-hybridized carbons (Fsp3) is 0.316. The summed E-state index contributed by atoms with van der Waals surface area (Å²) in [5.74, 6) is -0.600. The number of amides is 1. The molecule has 0 aliphatic heterocycles. The van der Waals surface area contributed by atoms with Gasteiger partial charge >= 0.3 is 6.61 Å². The van der Waals surface area contributed by atoms with Crippen LogP contribution in [-0.2, 0) is 14.8 Å². The van der Waals surface area contributed by atoms with E-state index < -0.39 is 35.1 Å². The number of carbonyl (C=O) groups is 1. The van der Waals surface area contributed by atoms with Crippen LogP contribution in [-0.4, -0.2) is 38.8 Å². The predicted molar refractivity (Wildman–Crippen MR) is 108 cm³/mol. The zero-order valence-corrected chi connectivity index (χ0v) is 18.2. The van der Waals surface area contributed by atoms with Gasteiger partial charge in [0.15, 0.2) is 0 Å². The zero-order chi connectivity index (χ0) is 21.6. The van der Waals surface area contributed by atoms with Gasteiger partial charge in [-0.3, -0.25) is 4.79 Å². The smallest absolute Gasteiger partial charge is 0.387 e. The Labute approximate surface area is 177 Å². The number of hydrogen-bond donors (Lipinski definition) is 1. The number of rotatable bonds is 9. The first-order chi connectivity index (χ1) is 13.6. The van der Waals surface area contributed by atoms with Gasteiger partial charge in [-0.25, -0.2) is 8.42 Å². The van der Waals surface area contributed by atoms with Crippen molar-refractivity contribution in [3.05, 3.63) is 58.6 Å². The molecule has 0 saturated carbocycles. The molecule has 0 aromatic heterocycles. The molecule has 0 bridgehead atoms. The van der Waals surface area contributed by atoms with Gasteiger partial charge < -0.3 is 10.1 Å². The summed E-state index contributed by atoms with van der Waals surface area (Å²) in [7, 11) is -2.56. The summed E-state index contributed by atoms with van der Waals surface area (Å²) >= 11 is 3.24. The molecule has 29 heavy (non-hydrogen) atoms. The quantitative estimate of drug-likeness (QED) is 0.577. The van der Waals surface area contributed by atoms with Crippen molar-refractivity contribution in [2.45, 2.75) is 30.9 Å². The van der Waals surface area contributed by atoms with Crippen LogP contribution in [0.2, 0.25) is 0 Å². The molecule has 0 radical (unpaired) electrons. The van der Waals surface area contributed by atoms with Crippen molar-refractivity contribution in [2.24, 2.45) is 0 Å². The Morgan fingerprint density at radius 2 is 1.79 bits per heavy atom. The minimum Gasteiger partial charge on any atom is -0.434 e. The van der Waals surface area contributed by atoms with E-state index in [4.69, 9.17) is 0 Å². The summed E-state index contributed by atoms with van der Waals surface area (Å²) in [5.41, 5.74) is 0.391. The second kappa shape index (κ2) is 10.1. The molecular formula is C19H21BrF2N2O4S. The van der Waals surface area contributed by atoms with Gasteiger partial charge in [0.1, 0.15) is 5.75 Å². The summed E-state index contributed by atoms with van der Waals surface area (Å²) in [5, 5.41) is 2.68. The number of nitrogens with one attached hydrogen (secondary N) is 1. The average Bonchev–Trinajstić information content (AvgIpc) is 2.66. The van der Waals surface area contributed by atoms with E-state index in [1.54, 1.807) is 37.3 Å². The Morgan fingerprint density at radius 3 is 2.38 bits per heavy atom. The molecule has 0 spiro atoms. The molecule has 2 rings (SSSR count). The summed E-state index contributed by atoms with van der Waals surface area (Å²) in [6, 6.07) is 11.6. The fourth-order valence-corrected chi connectivity index (χ4v) is 4.08. The van der Waals surface area contributed by atoms with Crippen LogP contribution in [0, 0.1) is 0 Å². The number of likely N-dealkylation sites (N-methyl/N-ethyl adjacent to an activating group) is 1. The van der Waals surface area contributed by atoms with E-state index in [0.717, 1.165) is 8.78 Å². The molecule has 6 nitrogen and oxygen atoms in total. The molecule has 1 N–H and O–H groups in total. The number of halogens is 3. The van der Waals surface area contributed by atoms with Crippen molar-refractivity contribution >= 4 is 31.9 Å². The van der Waals surface area contributed by atoms with Gasteiger partial charge in [-0.15, -0.1) is 0 Å². The molecule has 2 aromatic carbocycles. The third-order valence-corrected chi connectivity index (χ3v) is 6.49. The second-order valence-corrected chi connectivity index (χ2v) is 9.12. The van der Waals surface area contributed by atoms with Crippen molar-refractivity contribution in [1.82, 2.24) is 9.62 Å². The highest BCUT2D eigenvalue weighted by Gasteiger charge is 2.25. The topological polar surface area (TPSA) is 75.7 Å². The maximum atomic E-state index is 12.6. The van der Waals surface area contributed by atoms with Crippen molar-refractivity contribution in [3.8, 4) is 5.75 Å². The lowest BCUT2D eigenvalue weighted by molar-refractivity contribution is -0.121. The highest BCUT2D eigenvalue weighted by Crippen LogP contribution is 2.28. The molecule has 1 unspecified atom stereocenters. The van der Waals surface area contributed by atoms with Crippen LogP contribution < -0.4 is 10.1 Å². The number of carbonyl (C=O) groups excluding carboxylic acids is 1. The zero-order valence-electron chi connectivity index (χ0n) is 15.8. The van der Waals surface area contributed by atoms with E-state index in [1.807, 2.05) is 0 Å². The minimum absolute atomic E-state index is 0.0366. The highest BCUT2D eigenvalue weighted by molar-refractivity contribution is 9.10. The monoisotopic (exact) mass is 490 g/mol. The Hall–Kier alpha value is -2.04. The Kier molecular flexibility index (Phi) is 8.12. The number of hydrogen-bond acceptors (Lipinski definition) is 4. The van der Waals surface area contributed by atoms with Crippen LogP contribution in [0.4, 0.5) is 8.78 Å². The van der Waals surface area contributed by atoms with E-state index >= 15 is 0 Å². The standard InChI is InChI=1S/C19H21BrF2N2O4S/c1-3-16(15-6-4-5-7-17(15)28-19(21)22)23-18(25)12-24(2)29(26,27)14-10-8-13(20)9-11-14/h4-11,16,19H,3,12H2,1-2H3,(H,23,25). The summed E-state index contributed by atoms with van der Waals surface area (Å²) < 4.78 is 56.7. The van der Waals surface area contributed by atoms with Crippen LogP contribution in [0.3, 0.4) is 0 Å². The molecule has 10 heteroatoms. The Morgan fingerprint density at radius 1 is 1.17 bits per heavy atom. The number of sulfonamides is 1. The number of para-hydroxylation sites is 1. The number of ether oxygens (including phenoxy) is 1. The van der Waals surface area contributed by atoms with E-state index in [9.17, 15) is 22.0 Å². The second-order valence-electron chi connectivity index (χ2n) is 6.16. The van der Waals surface area contributed by atoms with Crippen LogP contribution in [0.25, 0.3) is 0 Å². The fourth-order valence-electron chi connectivity index (χ4n) is 2.69. The molecule has 0 fully saturated rings. The lowest BCUT2D eigenvalue weighted by atomic mass is 10.0. The number of benzene rings is 2. The molecule has 2 aromatic rings. The van der Waals surface area contributed by atoms with Gasteiger partial charge in [0.05, 0.1) is 17.5 Å². The Bertz CT molecular complexity index is 939. The number of nitrogens with zero attached hydrogens (tertiary/aromatic N) is 1. The molecule has 0 heterocycles. The van der Waals surface area contributed by atoms with E-state index in [0.29, 0.717) is 12.0 Å². The Balaban J connectivity index is 2.11. The van der Waals surface area contributed by atoms with Crippen molar-refractivity contribution in [3.63, 3.8) is 0 Å². The van der Waals surface area contributed by atoms with Crippen molar-refractivity contribution in [2.75, 3.05) is 13.6 Å². The van der Waals surface area contributed by atoms with Crippen LogP contribution in [0.15, 0.2) is 57.9 Å². The van der Waals surface area contributed by atoms with Crippen molar-refractivity contribution < 1.29 is 26.7 Å². The average molecular weight is 491 g/mol. The molecule has 0 saturated heterocycles. The molecule has 1 atom stereocenters. The van der Waals surface area contributed by atoms with Crippen LogP contribution in [0.5, 0.6) is 5.75 Å². The van der Waals surface area contributed by atoms with E-state index in [-0.39, 0.29) is 10.6 Å². The molecular weight excluding hydrogens is 470 g/mol. The van der Waals surface area contributed by atoms with Crippen LogP contribution in [0.1, 0.15) is 24.9 Å². The first kappa shape index (κ1) is 23.2. The normalized spacial score (nSPS) is 12.8. The molecule has 0 aliphatic rings. The summed E-state index contributed by atoms with van der Waals surface area (Å²) in [4.78, 5) is 12.5. The third-order valence-electron chi connectivity index (χ3n) is 4.14. The van der Waals surface area contributed by atoms with E-state index in [2.05, 4.69) is 26.0 Å². The largest absolute Gasteiger partial charge is 0.434 e. The van der Waals surface area contributed by atoms with Gasteiger partial charge in [0, 0.05) is 17.1 Å². The lowest BCUT2D eigenvalue weighted by Crippen LogP contribution is -2.39. The summed E-state index contributed by atoms with van der Waals surface area (Å²) in [6.07, 6.45) is 0.401. The van der Waals surface area contributed by atoms with Crippen LogP contribution >= 0.6 is 15.9 Å². The SMILES string of the molecule is CCC(NC(=O)CN(C)S(=O)(=O)c1ccc(Br)cc1)c1ccccc1OC(F)F. The van der Waals surface area contributed by atoms with Gasteiger partial charge in [-0.1, -0.05) is 41.1 Å². The van der Waals surface area contributed by atoms with E-state index in [1.165, 1.54) is 25.2 Å². The lowest BCUT2D eigenvalue weighted by Gasteiger charge is -2.22. The maximum Gasteiger partial charge on any atom is 0.387 e. The van der Waals surface area contributed by atoms with Gasteiger partial charge in [0.2, 0.25) is 15.9 Å². The first-order valence-corrected chi connectivity index (χ1v) is 10.9. The third kappa shape index (κ3) is 6.22. The maximum absolute atomic E-state index is 12.6. The first-order valence-electron chi connectivity index (χ1n) is 8.70. The predicted octanol–water partition coefficient (Wildman–Crippen LogP) is 3.94. The van der Waals surface area contributed by atoms with Gasteiger partial charge in [-0.05, 0) is 36.8 Å². The van der Waals surface area contributed by atoms with Crippen molar-refractivity contribution in [1.29, 1.82) is 0 Å². The molecule has 0 aliphatic carbocycles. The minimum atomic E-state index is -3.85. The van der Waals surface area contributed by atoms with Gasteiger partial charge in [-0.2, -0.15) is 13.1 Å². The summed E-state index contributed by atoms with van der Waals surface area (Å²) in [6.45, 7) is -1.65. The van der Waals surface area contributed by atoms with Gasteiger partial charge in [0.25, 0.3) is 0 Å². The molecule has 158 valence electrons.